The number of aromatic nitrogens is 1. The molecule has 0 amide bonds. The summed E-state index contributed by atoms with van der Waals surface area (Å²) in [7, 11) is 0. The second-order valence-corrected chi connectivity index (χ2v) is 8.98. The smallest absolute Gasteiger partial charge is 0.186 e. The molecule has 1 aromatic heterocycles. The minimum absolute atomic E-state index is 0.0766. The van der Waals surface area contributed by atoms with Gasteiger partial charge in [-0.05, 0) is 49.4 Å². The first-order chi connectivity index (χ1) is 10.00. The van der Waals surface area contributed by atoms with Gasteiger partial charge in [-0.2, -0.15) is 0 Å². The first-order valence-electron chi connectivity index (χ1n) is 8.28. The van der Waals surface area contributed by atoms with Gasteiger partial charge in [-0.3, -0.25) is 4.79 Å². The van der Waals surface area contributed by atoms with Crippen molar-refractivity contribution in [2.24, 2.45) is 17.3 Å². The van der Waals surface area contributed by atoms with Gasteiger partial charge in [0.05, 0.1) is 10.6 Å². The Morgan fingerprint density at radius 1 is 1.14 bits per heavy atom. The Morgan fingerprint density at radius 2 is 1.76 bits per heavy atom. The van der Waals surface area contributed by atoms with E-state index in [4.69, 9.17) is 4.98 Å². The first-order valence-corrected chi connectivity index (χ1v) is 9.10. The Kier molecular flexibility index (Phi) is 3.14. The molecule has 0 saturated heterocycles. The summed E-state index contributed by atoms with van der Waals surface area (Å²) in [4.78, 5) is 20.7. The summed E-state index contributed by atoms with van der Waals surface area (Å²) in [6.45, 7) is 6.67. The lowest BCUT2D eigenvalue weighted by atomic mass is 9.78. The van der Waals surface area contributed by atoms with Crippen molar-refractivity contribution in [2.75, 3.05) is 18.0 Å². The molecular formula is C17H24N2OS. The van der Waals surface area contributed by atoms with Crippen LogP contribution >= 0.6 is 11.3 Å². The van der Waals surface area contributed by atoms with Crippen LogP contribution in [0.1, 0.15) is 61.3 Å². The standard InChI is InChI=1S/C17H24N2OS/c1-17(2)7-13-15(14(20)8-17)21-16(18-13)19(9-11-3-4-11)10-12-5-6-12/h11-12H,3-10H2,1-2H3. The van der Waals surface area contributed by atoms with Crippen LogP contribution in [0.4, 0.5) is 5.13 Å². The molecule has 0 bridgehead atoms. The molecule has 0 unspecified atom stereocenters. The molecule has 4 rings (SSSR count). The summed E-state index contributed by atoms with van der Waals surface area (Å²) >= 11 is 1.66. The van der Waals surface area contributed by atoms with Crippen molar-refractivity contribution >= 4 is 22.3 Å². The highest BCUT2D eigenvalue weighted by Crippen LogP contribution is 2.41. The zero-order chi connectivity index (χ0) is 14.6. The molecule has 4 heteroatoms. The molecule has 0 radical (unpaired) electrons. The summed E-state index contributed by atoms with van der Waals surface area (Å²) in [6, 6.07) is 0. The van der Waals surface area contributed by atoms with Crippen LogP contribution in [0.2, 0.25) is 0 Å². The highest BCUT2D eigenvalue weighted by molar-refractivity contribution is 7.17. The van der Waals surface area contributed by atoms with Crippen LogP contribution in [-0.4, -0.2) is 23.9 Å². The van der Waals surface area contributed by atoms with Gasteiger partial charge in [0.2, 0.25) is 0 Å². The topological polar surface area (TPSA) is 33.2 Å². The predicted molar refractivity (Wildman–Crippen MR) is 86.2 cm³/mol. The molecule has 0 N–H and O–H groups in total. The maximum Gasteiger partial charge on any atom is 0.186 e. The van der Waals surface area contributed by atoms with Crippen molar-refractivity contribution in [3.63, 3.8) is 0 Å². The van der Waals surface area contributed by atoms with Crippen molar-refractivity contribution < 1.29 is 4.79 Å². The number of carbonyl (C=O) groups is 1. The lowest BCUT2D eigenvalue weighted by Gasteiger charge is -2.26. The van der Waals surface area contributed by atoms with Crippen LogP contribution in [0, 0.1) is 17.3 Å². The Labute approximate surface area is 130 Å². The Balaban J connectivity index is 1.59. The molecule has 3 nitrogen and oxygen atoms in total. The summed E-state index contributed by atoms with van der Waals surface area (Å²) < 4.78 is 0. The summed E-state index contributed by atoms with van der Waals surface area (Å²) in [5.41, 5.74) is 1.14. The average molecular weight is 304 g/mol. The van der Waals surface area contributed by atoms with E-state index in [2.05, 4.69) is 18.7 Å². The molecular weight excluding hydrogens is 280 g/mol. The number of ketones is 1. The van der Waals surface area contributed by atoms with Crippen molar-refractivity contribution in [2.45, 2.75) is 52.4 Å². The Morgan fingerprint density at radius 3 is 2.33 bits per heavy atom. The van der Waals surface area contributed by atoms with E-state index < -0.39 is 0 Å². The van der Waals surface area contributed by atoms with E-state index in [1.54, 1.807) is 11.3 Å². The number of anilines is 1. The van der Waals surface area contributed by atoms with Gasteiger partial charge in [0.25, 0.3) is 0 Å². The molecule has 0 aliphatic heterocycles. The van der Waals surface area contributed by atoms with Crippen molar-refractivity contribution in [1.82, 2.24) is 4.98 Å². The Bertz CT molecular complexity index is 555. The van der Waals surface area contributed by atoms with Crippen LogP contribution in [0.3, 0.4) is 0 Å². The van der Waals surface area contributed by atoms with Crippen LogP contribution in [-0.2, 0) is 6.42 Å². The molecule has 1 aromatic rings. The monoisotopic (exact) mass is 304 g/mol. The summed E-state index contributed by atoms with van der Waals surface area (Å²) in [5, 5.41) is 1.12. The van der Waals surface area contributed by atoms with Crippen LogP contribution in [0.5, 0.6) is 0 Å². The number of nitrogens with zero attached hydrogens (tertiary/aromatic N) is 2. The second-order valence-electron chi connectivity index (χ2n) is 8.00. The normalized spacial score (nSPS) is 24.0. The molecule has 2 fully saturated rings. The number of thiazole rings is 1. The SMILES string of the molecule is CC1(C)CC(=O)c2sc(N(CC3CC3)CC3CC3)nc2C1. The zero-order valence-electron chi connectivity index (χ0n) is 13.0. The minimum Gasteiger partial charge on any atom is -0.348 e. The van der Waals surface area contributed by atoms with Crippen molar-refractivity contribution in [3.05, 3.63) is 10.6 Å². The fourth-order valence-corrected chi connectivity index (χ4v) is 4.34. The van der Waals surface area contributed by atoms with Gasteiger partial charge in [0.15, 0.2) is 10.9 Å². The molecule has 1 heterocycles. The highest BCUT2D eigenvalue weighted by Gasteiger charge is 2.36. The van der Waals surface area contributed by atoms with E-state index in [9.17, 15) is 4.79 Å². The largest absolute Gasteiger partial charge is 0.348 e. The summed E-state index contributed by atoms with van der Waals surface area (Å²) in [5.74, 6) is 2.05. The number of hydrogen-bond donors (Lipinski definition) is 0. The molecule has 0 aromatic carbocycles. The molecule has 114 valence electrons. The van der Waals surface area contributed by atoms with Gasteiger partial charge in [-0.25, -0.2) is 4.98 Å². The lowest BCUT2D eigenvalue weighted by Crippen LogP contribution is -2.28. The summed E-state index contributed by atoms with van der Waals surface area (Å²) in [6.07, 6.45) is 7.12. The third-order valence-corrected chi connectivity index (χ3v) is 6.05. The molecule has 21 heavy (non-hydrogen) atoms. The molecule has 0 atom stereocenters. The van der Waals surface area contributed by atoms with Crippen LogP contribution < -0.4 is 4.90 Å². The maximum atomic E-state index is 12.4. The van der Waals surface area contributed by atoms with Gasteiger partial charge in [0.1, 0.15) is 0 Å². The number of hydrogen-bond acceptors (Lipinski definition) is 4. The van der Waals surface area contributed by atoms with Crippen LogP contribution in [0.25, 0.3) is 0 Å². The third kappa shape index (κ3) is 3.01. The lowest BCUT2D eigenvalue weighted by molar-refractivity contribution is 0.0916. The molecule has 3 aliphatic rings. The number of carbonyl (C=O) groups excluding carboxylic acids is 1. The van der Waals surface area contributed by atoms with Gasteiger partial charge in [0, 0.05) is 19.5 Å². The fraction of sp³-hybridized carbons (Fsp3) is 0.765. The quantitative estimate of drug-likeness (QED) is 0.826. The molecule has 0 spiro atoms. The van der Waals surface area contributed by atoms with E-state index in [0.29, 0.717) is 12.2 Å². The fourth-order valence-electron chi connectivity index (χ4n) is 3.30. The average Bonchev–Trinajstić information content (AvgIpc) is 3.29. The van der Waals surface area contributed by atoms with E-state index in [0.717, 1.165) is 47.0 Å². The van der Waals surface area contributed by atoms with Crippen molar-refractivity contribution in [3.8, 4) is 0 Å². The third-order valence-electron chi connectivity index (χ3n) is 4.85. The first kappa shape index (κ1) is 13.7. The minimum atomic E-state index is 0.0766. The maximum absolute atomic E-state index is 12.4. The van der Waals surface area contributed by atoms with E-state index >= 15 is 0 Å². The van der Waals surface area contributed by atoms with E-state index in [-0.39, 0.29) is 5.41 Å². The van der Waals surface area contributed by atoms with E-state index in [1.165, 1.54) is 25.7 Å². The van der Waals surface area contributed by atoms with Gasteiger partial charge >= 0.3 is 0 Å². The highest BCUT2D eigenvalue weighted by atomic mass is 32.1. The van der Waals surface area contributed by atoms with Crippen LogP contribution in [0.15, 0.2) is 0 Å². The predicted octanol–water partition coefficient (Wildman–Crippen LogP) is 3.92. The van der Waals surface area contributed by atoms with Gasteiger partial charge in [-0.1, -0.05) is 25.2 Å². The number of rotatable bonds is 5. The van der Waals surface area contributed by atoms with E-state index in [1.807, 2.05) is 0 Å². The van der Waals surface area contributed by atoms with Crippen molar-refractivity contribution in [1.29, 1.82) is 0 Å². The molecule has 2 saturated carbocycles. The number of Topliss-reactive ketones (excluding diaryl/α,β-unsaturated/α-hetero) is 1. The number of fused-ring (bicyclic) bond motifs is 1. The zero-order valence-corrected chi connectivity index (χ0v) is 13.8. The van der Waals surface area contributed by atoms with Gasteiger partial charge in [-0.15, -0.1) is 0 Å². The van der Waals surface area contributed by atoms with Gasteiger partial charge < -0.3 is 4.90 Å². The second kappa shape index (κ2) is 4.80. The Hall–Kier alpha value is -0.900. The molecule has 3 aliphatic carbocycles.